The molecule has 4 nitrogen and oxygen atoms in total. The molecule has 1 aromatic rings. The van der Waals surface area contributed by atoms with Crippen LogP contribution in [0.25, 0.3) is 0 Å². The Kier molecular flexibility index (Phi) is 5.64. The number of methoxy groups -OCH3 is 2. The molecule has 0 fully saturated rings. The summed E-state index contributed by atoms with van der Waals surface area (Å²) in [5, 5.41) is 3.34. The van der Waals surface area contributed by atoms with E-state index in [1.807, 2.05) is 12.1 Å². The Labute approximate surface area is 97.0 Å². The second kappa shape index (κ2) is 7.06. The van der Waals surface area contributed by atoms with Gasteiger partial charge >= 0.3 is 0 Å². The molecule has 0 saturated heterocycles. The Balaban J connectivity index is 2.67. The first-order valence-corrected chi connectivity index (χ1v) is 5.56. The lowest BCUT2D eigenvalue weighted by molar-refractivity contribution is 0.182. The number of nitrogens with zero attached hydrogens (tertiary/aromatic N) is 1. The molecule has 0 bridgehead atoms. The fourth-order valence-corrected chi connectivity index (χ4v) is 1.60. The number of pyridine rings is 1. The highest BCUT2D eigenvalue weighted by molar-refractivity contribution is 5.50. The number of ether oxygens (including phenoxy) is 2. The van der Waals surface area contributed by atoms with Crippen LogP contribution in [-0.2, 0) is 4.74 Å². The first kappa shape index (κ1) is 12.8. The smallest absolute Gasteiger partial charge is 0.169 e. The Morgan fingerprint density at radius 1 is 1.44 bits per heavy atom. The minimum Gasteiger partial charge on any atom is -0.493 e. The van der Waals surface area contributed by atoms with E-state index in [1.165, 1.54) is 0 Å². The summed E-state index contributed by atoms with van der Waals surface area (Å²) >= 11 is 0. The van der Waals surface area contributed by atoms with Crippen LogP contribution in [0, 0.1) is 0 Å². The fourth-order valence-electron chi connectivity index (χ4n) is 1.60. The Hall–Kier alpha value is -1.29. The van der Waals surface area contributed by atoms with Crippen molar-refractivity contribution in [2.24, 2.45) is 0 Å². The van der Waals surface area contributed by atoms with Gasteiger partial charge in [-0.1, -0.05) is 13.3 Å². The highest BCUT2D eigenvalue weighted by Gasteiger charge is 2.10. The number of rotatable bonds is 7. The molecule has 0 aliphatic heterocycles. The van der Waals surface area contributed by atoms with Crippen LogP contribution in [0.4, 0.5) is 5.82 Å². The molecular formula is C12H20N2O2. The number of aromatic nitrogens is 1. The summed E-state index contributed by atoms with van der Waals surface area (Å²) < 4.78 is 10.4. The summed E-state index contributed by atoms with van der Waals surface area (Å²) in [4.78, 5) is 4.26. The monoisotopic (exact) mass is 224 g/mol. The Morgan fingerprint density at radius 3 is 2.88 bits per heavy atom. The lowest BCUT2D eigenvalue weighted by atomic mass is 10.2. The molecule has 1 unspecified atom stereocenters. The normalized spacial score (nSPS) is 12.2. The van der Waals surface area contributed by atoms with Crippen molar-refractivity contribution >= 4 is 5.82 Å². The van der Waals surface area contributed by atoms with Gasteiger partial charge in [-0.15, -0.1) is 0 Å². The lowest BCUT2D eigenvalue weighted by Gasteiger charge is -2.19. The summed E-state index contributed by atoms with van der Waals surface area (Å²) in [5.74, 6) is 1.54. The van der Waals surface area contributed by atoms with E-state index < -0.39 is 0 Å². The largest absolute Gasteiger partial charge is 0.493 e. The third kappa shape index (κ3) is 3.70. The zero-order valence-electron chi connectivity index (χ0n) is 10.2. The van der Waals surface area contributed by atoms with Crippen LogP contribution in [0.15, 0.2) is 18.3 Å². The zero-order valence-corrected chi connectivity index (χ0v) is 10.2. The molecule has 1 N–H and O–H groups in total. The summed E-state index contributed by atoms with van der Waals surface area (Å²) in [6, 6.07) is 4.03. The molecule has 0 saturated carbocycles. The molecule has 16 heavy (non-hydrogen) atoms. The van der Waals surface area contributed by atoms with Gasteiger partial charge in [0.05, 0.1) is 19.8 Å². The van der Waals surface area contributed by atoms with Crippen molar-refractivity contribution in [2.45, 2.75) is 25.8 Å². The van der Waals surface area contributed by atoms with Crippen LogP contribution in [0.2, 0.25) is 0 Å². The van der Waals surface area contributed by atoms with Crippen molar-refractivity contribution in [2.75, 3.05) is 26.1 Å². The number of hydrogen-bond acceptors (Lipinski definition) is 4. The van der Waals surface area contributed by atoms with Crippen LogP contribution in [0.5, 0.6) is 5.75 Å². The third-order valence-electron chi connectivity index (χ3n) is 2.34. The molecule has 0 radical (unpaired) electrons. The number of anilines is 1. The second-order valence-electron chi connectivity index (χ2n) is 3.64. The molecule has 0 spiro atoms. The molecule has 90 valence electrons. The summed E-state index contributed by atoms with van der Waals surface area (Å²) in [5.41, 5.74) is 0. The van der Waals surface area contributed by atoms with Crippen molar-refractivity contribution in [3.05, 3.63) is 18.3 Å². The Bertz CT molecular complexity index is 299. The highest BCUT2D eigenvalue weighted by Crippen LogP contribution is 2.21. The average molecular weight is 224 g/mol. The standard InChI is InChI=1S/C12H20N2O2/c1-4-6-10(9-15-2)14-12-11(16-3)7-5-8-13-12/h5,7-8,10H,4,6,9H2,1-3H3,(H,13,14). The van der Waals surface area contributed by atoms with Crippen LogP contribution in [0.1, 0.15) is 19.8 Å². The third-order valence-corrected chi connectivity index (χ3v) is 2.34. The topological polar surface area (TPSA) is 43.4 Å². The van der Waals surface area contributed by atoms with Gasteiger partial charge in [0.2, 0.25) is 0 Å². The van der Waals surface area contributed by atoms with E-state index in [2.05, 4.69) is 17.2 Å². The van der Waals surface area contributed by atoms with Crippen LogP contribution >= 0.6 is 0 Å². The summed E-state index contributed by atoms with van der Waals surface area (Å²) in [7, 11) is 3.35. The van der Waals surface area contributed by atoms with E-state index in [9.17, 15) is 0 Å². The predicted molar refractivity (Wildman–Crippen MR) is 65.0 cm³/mol. The molecule has 0 aromatic carbocycles. The quantitative estimate of drug-likeness (QED) is 0.772. The molecule has 0 aliphatic rings. The Morgan fingerprint density at radius 2 is 2.25 bits per heavy atom. The van der Waals surface area contributed by atoms with Crippen molar-refractivity contribution < 1.29 is 9.47 Å². The van der Waals surface area contributed by atoms with Gasteiger partial charge in [-0.25, -0.2) is 4.98 Å². The van der Waals surface area contributed by atoms with Gasteiger partial charge in [0, 0.05) is 13.3 Å². The van der Waals surface area contributed by atoms with Gasteiger partial charge in [0.1, 0.15) is 0 Å². The molecule has 1 heterocycles. The SMILES string of the molecule is CCCC(COC)Nc1ncccc1OC. The van der Waals surface area contributed by atoms with Crippen LogP contribution in [-0.4, -0.2) is 31.9 Å². The van der Waals surface area contributed by atoms with Crippen LogP contribution in [0.3, 0.4) is 0 Å². The predicted octanol–water partition coefficient (Wildman–Crippen LogP) is 2.32. The highest BCUT2D eigenvalue weighted by atomic mass is 16.5. The molecule has 1 atom stereocenters. The second-order valence-corrected chi connectivity index (χ2v) is 3.64. The van der Waals surface area contributed by atoms with Gasteiger partial charge in [-0.2, -0.15) is 0 Å². The maximum Gasteiger partial charge on any atom is 0.169 e. The first-order chi connectivity index (χ1) is 7.81. The van der Waals surface area contributed by atoms with Crippen LogP contribution < -0.4 is 10.1 Å². The number of hydrogen-bond donors (Lipinski definition) is 1. The van der Waals surface area contributed by atoms with Crippen molar-refractivity contribution in [1.29, 1.82) is 0 Å². The minimum absolute atomic E-state index is 0.277. The van der Waals surface area contributed by atoms with Crippen molar-refractivity contribution in [1.82, 2.24) is 4.98 Å². The molecular weight excluding hydrogens is 204 g/mol. The zero-order chi connectivity index (χ0) is 11.8. The van der Waals surface area contributed by atoms with E-state index in [-0.39, 0.29) is 6.04 Å². The molecule has 4 heteroatoms. The molecule has 1 aromatic heterocycles. The van der Waals surface area contributed by atoms with Gasteiger partial charge in [-0.3, -0.25) is 0 Å². The lowest BCUT2D eigenvalue weighted by Crippen LogP contribution is -2.25. The fraction of sp³-hybridized carbons (Fsp3) is 0.583. The van der Waals surface area contributed by atoms with E-state index in [0.717, 1.165) is 24.4 Å². The summed E-state index contributed by atoms with van der Waals surface area (Å²) in [6.07, 6.45) is 3.91. The molecule has 0 amide bonds. The summed E-state index contributed by atoms with van der Waals surface area (Å²) in [6.45, 7) is 2.83. The average Bonchev–Trinajstić information content (AvgIpc) is 2.30. The van der Waals surface area contributed by atoms with Crippen molar-refractivity contribution in [3.8, 4) is 5.75 Å². The van der Waals surface area contributed by atoms with E-state index in [4.69, 9.17) is 9.47 Å². The maximum atomic E-state index is 5.24. The maximum absolute atomic E-state index is 5.24. The van der Waals surface area contributed by atoms with E-state index >= 15 is 0 Å². The molecule has 0 aliphatic carbocycles. The van der Waals surface area contributed by atoms with E-state index in [1.54, 1.807) is 20.4 Å². The van der Waals surface area contributed by atoms with Crippen molar-refractivity contribution in [3.63, 3.8) is 0 Å². The minimum atomic E-state index is 0.277. The van der Waals surface area contributed by atoms with Gasteiger partial charge in [0.25, 0.3) is 0 Å². The first-order valence-electron chi connectivity index (χ1n) is 5.56. The number of nitrogens with one attached hydrogen (secondary N) is 1. The van der Waals surface area contributed by atoms with Gasteiger partial charge < -0.3 is 14.8 Å². The van der Waals surface area contributed by atoms with E-state index in [0.29, 0.717) is 6.61 Å². The molecule has 1 rings (SSSR count). The van der Waals surface area contributed by atoms with Gasteiger partial charge in [0.15, 0.2) is 11.6 Å². The van der Waals surface area contributed by atoms with Gasteiger partial charge in [-0.05, 0) is 18.6 Å².